The number of benzene rings is 1. The number of allylic oxidation sites excluding steroid dienone is 1. The normalized spacial score (nSPS) is 27.6. The summed E-state index contributed by atoms with van der Waals surface area (Å²) in [6.45, 7) is 6.76. The lowest BCUT2D eigenvalue weighted by molar-refractivity contribution is -0.852. The number of hydrogen-bond acceptors (Lipinski definition) is 13. The lowest BCUT2D eigenvalue weighted by atomic mass is 9.77. The highest BCUT2D eigenvalue weighted by Crippen LogP contribution is 2.53. The first-order valence-corrected chi connectivity index (χ1v) is 18.7. The van der Waals surface area contributed by atoms with Crippen LogP contribution in [0.25, 0.3) is 22.2 Å². The number of nitrogens with two attached hydrogens (primary N) is 2. The van der Waals surface area contributed by atoms with Gasteiger partial charge >= 0.3 is 5.97 Å². The molecule has 4 aromatic rings. The zero-order valence-corrected chi connectivity index (χ0v) is 30.8. The van der Waals surface area contributed by atoms with Crippen LogP contribution in [-0.4, -0.2) is 68.4 Å². The van der Waals surface area contributed by atoms with Gasteiger partial charge < -0.3 is 40.3 Å². The van der Waals surface area contributed by atoms with Crippen molar-refractivity contribution in [3.8, 4) is 22.8 Å². The van der Waals surface area contributed by atoms with Crippen molar-refractivity contribution < 1.29 is 38.5 Å². The van der Waals surface area contributed by atoms with E-state index in [2.05, 4.69) is 21.2 Å². The molecule has 0 radical (unpaired) electrons. The number of aryl methyl sites for hydroxylation is 2. The number of nitrogen functional groups attached to an aromatic ring is 2. The number of hydrogen-bond donors (Lipinski definition) is 5. The number of aromatic nitrogens is 2. The number of pyridine rings is 2. The highest BCUT2D eigenvalue weighted by Gasteiger charge is 2.65. The van der Waals surface area contributed by atoms with E-state index in [9.17, 15) is 19.8 Å². The number of epoxide rings is 1. The molecule has 6 unspecified atom stereocenters. The first-order chi connectivity index (χ1) is 26.3. The van der Waals surface area contributed by atoms with Gasteiger partial charge in [-0.3, -0.25) is 14.7 Å². The minimum Gasteiger partial charge on any atom is -0.507 e. The number of carbonyl (C=O) groups excluding carboxylic acids is 1. The molecule has 7 N–H and O–H groups in total. The Morgan fingerprint density at radius 3 is 2.67 bits per heavy atom. The number of esters is 1. The lowest BCUT2D eigenvalue weighted by Crippen LogP contribution is -3.04. The number of ether oxygens (including phenoxy) is 3. The molecule has 8 heterocycles. The van der Waals surface area contributed by atoms with Crippen molar-refractivity contribution in [1.29, 1.82) is 0 Å². The van der Waals surface area contributed by atoms with Crippen LogP contribution in [-0.2, 0) is 27.2 Å². The van der Waals surface area contributed by atoms with Gasteiger partial charge in [0, 0.05) is 47.4 Å². The summed E-state index contributed by atoms with van der Waals surface area (Å²) in [6, 6.07) is 10.4. The molecule has 6 atom stereocenters. The fourth-order valence-corrected chi connectivity index (χ4v) is 8.89. The fraction of sp³-hybridized carbons (Fsp3) is 0.390. The summed E-state index contributed by atoms with van der Waals surface area (Å²) in [4.78, 5) is 41.9. The van der Waals surface area contributed by atoms with Crippen molar-refractivity contribution in [1.82, 2.24) is 9.97 Å². The number of aromatic hydroxyl groups is 1. The Kier molecular flexibility index (Phi) is 8.15. The van der Waals surface area contributed by atoms with E-state index in [1.54, 1.807) is 25.1 Å². The summed E-state index contributed by atoms with van der Waals surface area (Å²) in [5.41, 5.74) is 15.7. The maximum atomic E-state index is 14.1. The quantitative estimate of drug-likeness (QED) is 0.142. The molecule has 55 heavy (non-hydrogen) atoms. The molecule has 5 aliphatic heterocycles. The Hall–Kier alpha value is -5.57. The Bertz CT molecular complexity index is 2440. The number of phenolic OH excluding ortho intramolecular Hbond substituents is 1. The summed E-state index contributed by atoms with van der Waals surface area (Å²) < 4.78 is 24.6. The molecule has 284 valence electrons. The number of aliphatic imine (C=N–C) groups is 1. The number of nitrogens with one attached hydrogen (secondary N) is 1. The first kappa shape index (κ1) is 35.2. The van der Waals surface area contributed by atoms with E-state index in [0.717, 1.165) is 29.1 Å². The SMILES string of the molecule is Cc1cc(=O)c2c(O)c3c(cc2o1)OC(C)(C)C1OC(=O)C2(CC(O)CCC31)OC2CCc1cc(N)nc(-c2cc(N)nc(C[NH+]3C=C4N=CC=C4C3)c2)c1. The average Bonchev–Trinajstić information content (AvgIpc) is 3.37. The van der Waals surface area contributed by atoms with Gasteiger partial charge in [0.1, 0.15) is 76.6 Å². The van der Waals surface area contributed by atoms with Crippen LogP contribution in [0.15, 0.2) is 74.1 Å². The van der Waals surface area contributed by atoms with Crippen molar-refractivity contribution in [2.75, 3.05) is 18.0 Å². The van der Waals surface area contributed by atoms with Gasteiger partial charge in [0.25, 0.3) is 0 Å². The molecule has 2 fully saturated rings. The molecule has 3 aromatic heterocycles. The van der Waals surface area contributed by atoms with Gasteiger partial charge in [0.15, 0.2) is 11.0 Å². The maximum Gasteiger partial charge on any atom is 0.341 e. The number of quaternary nitrogens is 1. The van der Waals surface area contributed by atoms with Crippen LogP contribution in [0.3, 0.4) is 0 Å². The van der Waals surface area contributed by atoms with Crippen LogP contribution in [0, 0.1) is 6.92 Å². The Morgan fingerprint density at radius 1 is 1.04 bits per heavy atom. The number of carbonyl (C=O) groups is 1. The summed E-state index contributed by atoms with van der Waals surface area (Å²) in [5, 5.41) is 22.8. The molecule has 14 heteroatoms. The smallest absolute Gasteiger partial charge is 0.341 e. The van der Waals surface area contributed by atoms with Crippen LogP contribution < -0.4 is 26.5 Å². The maximum absolute atomic E-state index is 14.1. The van der Waals surface area contributed by atoms with Crippen LogP contribution in [0.5, 0.6) is 11.5 Å². The van der Waals surface area contributed by atoms with E-state index in [4.69, 9.17) is 30.1 Å². The van der Waals surface area contributed by atoms with E-state index >= 15 is 0 Å². The van der Waals surface area contributed by atoms with E-state index in [1.165, 1.54) is 16.5 Å². The standard InChI is InChI=1S/C41H42N6O8/c1-20-10-29(49)36-30(52-20)15-31-35(37(36)50)26-6-5-25(48)16-41(39(51)53-38(26)40(2,3)54-31)32(55-41)7-4-21-11-27(46-33(42)12-21)23-13-24(45-34(43)14-23)18-47-17-22-8-9-44-28(22)19-47/h8-15,19,25-26,32,38,48,50H,4-7,16-18H2,1-3H3,(H2,42,46)(H2,43,45)/p+1. The zero-order valence-electron chi connectivity index (χ0n) is 30.8. The van der Waals surface area contributed by atoms with Gasteiger partial charge in [-0.15, -0.1) is 0 Å². The molecule has 1 aromatic carbocycles. The Balaban J connectivity index is 0.936. The van der Waals surface area contributed by atoms with Gasteiger partial charge in [0.2, 0.25) is 0 Å². The lowest BCUT2D eigenvalue weighted by Gasteiger charge is -2.44. The van der Waals surface area contributed by atoms with E-state index in [1.807, 2.05) is 38.3 Å². The van der Waals surface area contributed by atoms with Crippen molar-refractivity contribution in [2.45, 2.75) is 94.9 Å². The molecule has 2 saturated heterocycles. The van der Waals surface area contributed by atoms with Crippen LogP contribution in [0.4, 0.5) is 11.6 Å². The van der Waals surface area contributed by atoms with Crippen molar-refractivity contribution in [3.05, 3.63) is 92.7 Å². The number of aliphatic hydroxyl groups excluding tert-OH is 1. The van der Waals surface area contributed by atoms with E-state index in [0.29, 0.717) is 66.6 Å². The molecule has 0 saturated carbocycles. The second-order valence-corrected chi connectivity index (χ2v) is 15.9. The van der Waals surface area contributed by atoms with Gasteiger partial charge in [-0.05, 0) is 82.4 Å². The topological polar surface area (TPSA) is 213 Å². The summed E-state index contributed by atoms with van der Waals surface area (Å²) >= 11 is 0. The summed E-state index contributed by atoms with van der Waals surface area (Å²) in [6.07, 6.45) is 5.38. The molecular formula is C41H43N6O8+. The number of fused-ring (bicyclic) bond motifs is 5. The largest absolute Gasteiger partial charge is 0.507 e. The molecule has 9 rings (SSSR count). The zero-order chi connectivity index (χ0) is 38.4. The number of aliphatic hydroxyl groups is 1. The summed E-state index contributed by atoms with van der Waals surface area (Å²) in [5.74, 6) is 0.0283. The molecule has 0 aliphatic carbocycles. The minimum absolute atomic E-state index is 0.0319. The van der Waals surface area contributed by atoms with Gasteiger partial charge in [-0.25, -0.2) is 14.8 Å². The van der Waals surface area contributed by atoms with Crippen molar-refractivity contribution >= 4 is 34.8 Å². The van der Waals surface area contributed by atoms with Gasteiger partial charge in [-0.2, -0.15) is 0 Å². The predicted octanol–water partition coefficient (Wildman–Crippen LogP) is 3.16. The molecule has 5 aliphatic rings. The Labute approximate surface area is 316 Å². The molecule has 0 bridgehead atoms. The number of anilines is 2. The third-order valence-electron chi connectivity index (χ3n) is 11.4. The number of rotatable bonds is 6. The molecule has 1 spiro atoms. The van der Waals surface area contributed by atoms with Crippen LogP contribution >= 0.6 is 0 Å². The van der Waals surface area contributed by atoms with Crippen molar-refractivity contribution in [3.63, 3.8) is 0 Å². The number of phenols is 1. The van der Waals surface area contributed by atoms with Crippen LogP contribution in [0.2, 0.25) is 0 Å². The highest BCUT2D eigenvalue weighted by molar-refractivity contribution is 5.88. The van der Waals surface area contributed by atoms with Crippen LogP contribution in [0.1, 0.15) is 68.0 Å². The van der Waals surface area contributed by atoms with Gasteiger partial charge in [0.05, 0.1) is 23.6 Å². The fourth-order valence-electron chi connectivity index (χ4n) is 8.89. The van der Waals surface area contributed by atoms with E-state index < -0.39 is 41.4 Å². The van der Waals surface area contributed by atoms with Gasteiger partial charge in [-0.1, -0.05) is 0 Å². The second kappa shape index (κ2) is 12.8. The van der Waals surface area contributed by atoms with E-state index in [-0.39, 0.29) is 28.6 Å². The third-order valence-corrected chi connectivity index (χ3v) is 11.4. The molecule has 0 amide bonds. The first-order valence-electron chi connectivity index (χ1n) is 18.7. The highest BCUT2D eigenvalue weighted by atomic mass is 16.7. The average molecular weight is 748 g/mol. The monoisotopic (exact) mass is 747 g/mol. The molecule has 14 nitrogen and oxygen atoms in total. The number of nitrogens with zero attached hydrogens (tertiary/aromatic N) is 3. The third kappa shape index (κ3) is 6.23. The van der Waals surface area contributed by atoms with Crippen molar-refractivity contribution in [2.24, 2.45) is 4.99 Å². The molecular weight excluding hydrogens is 704 g/mol. The minimum atomic E-state index is -1.35. The summed E-state index contributed by atoms with van der Waals surface area (Å²) in [7, 11) is 0. The second-order valence-electron chi connectivity index (χ2n) is 15.9. The Morgan fingerprint density at radius 2 is 1.85 bits per heavy atom. The predicted molar refractivity (Wildman–Crippen MR) is 202 cm³/mol.